The van der Waals surface area contributed by atoms with Crippen LogP contribution < -0.4 is 0 Å². The van der Waals surface area contributed by atoms with Crippen LogP contribution in [0.15, 0.2) is 57.9 Å². The van der Waals surface area contributed by atoms with Gasteiger partial charge >= 0.3 is 0 Å². The molecule has 160 valence electrons. The molecule has 2 aromatic rings. The zero-order valence-electron chi connectivity index (χ0n) is 17.0. The smallest absolute Gasteiger partial charge is 0.243 e. The van der Waals surface area contributed by atoms with Crippen molar-refractivity contribution >= 4 is 31.9 Å². The lowest BCUT2D eigenvalue weighted by Gasteiger charge is -2.37. The Hall–Kier alpha value is -1.70. The average Bonchev–Trinajstić information content (AvgIpc) is 3.04. The normalized spacial score (nSPS) is 20.4. The molecule has 7 heteroatoms. The van der Waals surface area contributed by atoms with Gasteiger partial charge < -0.3 is 4.90 Å². The number of benzene rings is 2. The van der Waals surface area contributed by atoms with E-state index in [-0.39, 0.29) is 17.2 Å². The number of carbonyl (C=O) groups excluding carboxylic acids is 1. The monoisotopic (exact) mass is 490 g/mol. The molecule has 2 aliphatic rings. The van der Waals surface area contributed by atoms with E-state index in [0.29, 0.717) is 13.0 Å². The van der Waals surface area contributed by atoms with Crippen molar-refractivity contribution in [1.29, 1.82) is 0 Å². The minimum Gasteiger partial charge on any atom is -0.343 e. The van der Waals surface area contributed by atoms with Crippen molar-refractivity contribution in [3.05, 3.63) is 64.1 Å². The summed E-state index contributed by atoms with van der Waals surface area (Å²) < 4.78 is 29.4. The SMILES string of the molecule is O=C(CC1c2ccccc2CCN1S(=O)(=O)c1ccc(Br)cc1)N1CCCCCC1. The molecule has 0 N–H and O–H groups in total. The Labute approximate surface area is 187 Å². The summed E-state index contributed by atoms with van der Waals surface area (Å²) in [5.74, 6) is 0.0506. The third-order valence-corrected chi connectivity index (χ3v) is 8.56. The van der Waals surface area contributed by atoms with Gasteiger partial charge in [-0.05, 0) is 54.7 Å². The predicted molar refractivity (Wildman–Crippen MR) is 121 cm³/mol. The molecule has 1 atom stereocenters. The van der Waals surface area contributed by atoms with Crippen LogP contribution in [0.2, 0.25) is 0 Å². The molecule has 1 amide bonds. The fourth-order valence-corrected chi connectivity index (χ4v) is 6.35. The summed E-state index contributed by atoms with van der Waals surface area (Å²) in [6.07, 6.45) is 5.19. The molecule has 0 saturated carbocycles. The first-order valence-electron chi connectivity index (χ1n) is 10.6. The second-order valence-electron chi connectivity index (χ2n) is 8.03. The van der Waals surface area contributed by atoms with E-state index >= 15 is 0 Å². The Morgan fingerprint density at radius 1 is 0.933 bits per heavy atom. The molecule has 1 fully saturated rings. The lowest BCUT2D eigenvalue weighted by Crippen LogP contribution is -2.43. The molecule has 2 heterocycles. The van der Waals surface area contributed by atoms with Crippen molar-refractivity contribution < 1.29 is 13.2 Å². The highest BCUT2D eigenvalue weighted by molar-refractivity contribution is 9.10. The number of carbonyl (C=O) groups is 1. The van der Waals surface area contributed by atoms with Gasteiger partial charge in [-0.2, -0.15) is 4.31 Å². The average molecular weight is 491 g/mol. The zero-order valence-corrected chi connectivity index (χ0v) is 19.4. The van der Waals surface area contributed by atoms with Gasteiger partial charge in [0, 0.05) is 30.5 Å². The van der Waals surface area contributed by atoms with Crippen LogP contribution in [-0.4, -0.2) is 43.2 Å². The number of sulfonamides is 1. The van der Waals surface area contributed by atoms with Gasteiger partial charge in [-0.25, -0.2) is 8.42 Å². The number of amides is 1. The maximum absolute atomic E-state index is 13.5. The van der Waals surface area contributed by atoms with Gasteiger partial charge in [0.2, 0.25) is 15.9 Å². The van der Waals surface area contributed by atoms with Gasteiger partial charge in [0.1, 0.15) is 0 Å². The first-order chi connectivity index (χ1) is 14.5. The quantitative estimate of drug-likeness (QED) is 0.632. The van der Waals surface area contributed by atoms with Crippen LogP contribution in [0.1, 0.15) is 49.3 Å². The standard InChI is InChI=1S/C23H27BrN2O3S/c24-19-9-11-20(12-10-19)30(28,29)26-16-13-18-7-3-4-8-21(18)22(26)17-23(27)25-14-5-1-2-6-15-25/h3-4,7-12,22H,1-2,5-6,13-17H2. The van der Waals surface area contributed by atoms with E-state index in [1.54, 1.807) is 24.3 Å². The minimum absolute atomic E-state index is 0.0506. The molecule has 5 nitrogen and oxygen atoms in total. The molecule has 0 spiro atoms. The Balaban J connectivity index is 1.67. The van der Waals surface area contributed by atoms with Crippen LogP contribution in [0, 0.1) is 0 Å². The molecule has 30 heavy (non-hydrogen) atoms. The number of rotatable bonds is 4. The van der Waals surface area contributed by atoms with Crippen LogP contribution >= 0.6 is 15.9 Å². The van der Waals surface area contributed by atoms with Gasteiger partial charge in [-0.1, -0.05) is 53.0 Å². The zero-order chi connectivity index (χ0) is 21.1. The number of likely N-dealkylation sites (tertiary alicyclic amines) is 1. The molecule has 0 aliphatic carbocycles. The van der Waals surface area contributed by atoms with E-state index in [2.05, 4.69) is 15.9 Å². The van der Waals surface area contributed by atoms with E-state index in [1.807, 2.05) is 29.2 Å². The van der Waals surface area contributed by atoms with Gasteiger partial charge in [0.15, 0.2) is 0 Å². The number of halogens is 1. The summed E-state index contributed by atoms with van der Waals surface area (Å²) in [5, 5.41) is 0. The van der Waals surface area contributed by atoms with E-state index in [9.17, 15) is 13.2 Å². The van der Waals surface area contributed by atoms with E-state index < -0.39 is 16.1 Å². The second kappa shape index (κ2) is 9.20. The Kier molecular flexibility index (Phi) is 6.60. The van der Waals surface area contributed by atoms with Crippen molar-refractivity contribution in [3.8, 4) is 0 Å². The summed E-state index contributed by atoms with van der Waals surface area (Å²) in [6, 6.07) is 14.2. The Bertz CT molecular complexity index is 999. The molecular formula is C23H27BrN2O3S. The van der Waals surface area contributed by atoms with E-state index in [1.165, 1.54) is 4.31 Å². The Morgan fingerprint density at radius 3 is 2.30 bits per heavy atom. The Morgan fingerprint density at radius 2 is 1.60 bits per heavy atom. The summed E-state index contributed by atoms with van der Waals surface area (Å²) in [7, 11) is -3.71. The minimum atomic E-state index is -3.71. The van der Waals surface area contributed by atoms with Gasteiger partial charge in [-0.15, -0.1) is 0 Å². The van der Waals surface area contributed by atoms with Crippen molar-refractivity contribution in [2.75, 3.05) is 19.6 Å². The summed E-state index contributed by atoms with van der Waals surface area (Å²) in [6.45, 7) is 1.92. The highest BCUT2D eigenvalue weighted by Gasteiger charge is 2.38. The fourth-order valence-electron chi connectivity index (χ4n) is 4.48. The van der Waals surface area contributed by atoms with Crippen molar-refractivity contribution in [3.63, 3.8) is 0 Å². The maximum Gasteiger partial charge on any atom is 0.243 e. The molecule has 4 rings (SSSR count). The number of hydrogen-bond donors (Lipinski definition) is 0. The van der Waals surface area contributed by atoms with Crippen molar-refractivity contribution in [2.45, 2.75) is 49.5 Å². The molecule has 1 unspecified atom stereocenters. The van der Waals surface area contributed by atoms with E-state index in [0.717, 1.165) is 54.4 Å². The number of fused-ring (bicyclic) bond motifs is 1. The van der Waals surface area contributed by atoms with Crippen LogP contribution in [0.25, 0.3) is 0 Å². The molecular weight excluding hydrogens is 464 g/mol. The van der Waals surface area contributed by atoms with Gasteiger partial charge in [-0.3, -0.25) is 4.79 Å². The molecule has 0 radical (unpaired) electrons. The third-order valence-electron chi connectivity index (χ3n) is 6.11. The van der Waals surface area contributed by atoms with Crippen molar-refractivity contribution in [1.82, 2.24) is 9.21 Å². The summed E-state index contributed by atoms with van der Waals surface area (Å²) in [5.41, 5.74) is 2.08. The first-order valence-corrected chi connectivity index (χ1v) is 12.8. The molecule has 2 aromatic carbocycles. The molecule has 0 bridgehead atoms. The molecule has 1 saturated heterocycles. The van der Waals surface area contributed by atoms with Gasteiger partial charge in [0.05, 0.1) is 10.9 Å². The maximum atomic E-state index is 13.5. The van der Waals surface area contributed by atoms with Crippen molar-refractivity contribution in [2.24, 2.45) is 0 Å². The van der Waals surface area contributed by atoms with Crippen LogP contribution in [-0.2, 0) is 21.2 Å². The summed E-state index contributed by atoms with van der Waals surface area (Å²) >= 11 is 3.37. The lowest BCUT2D eigenvalue weighted by molar-refractivity contribution is -0.132. The fraction of sp³-hybridized carbons (Fsp3) is 0.435. The highest BCUT2D eigenvalue weighted by Crippen LogP contribution is 2.37. The largest absolute Gasteiger partial charge is 0.343 e. The molecule has 2 aliphatic heterocycles. The molecule has 0 aromatic heterocycles. The van der Waals surface area contributed by atoms with Crippen LogP contribution in [0.3, 0.4) is 0 Å². The number of nitrogens with zero attached hydrogens (tertiary/aromatic N) is 2. The highest BCUT2D eigenvalue weighted by atomic mass is 79.9. The van der Waals surface area contributed by atoms with Crippen LogP contribution in [0.4, 0.5) is 0 Å². The first kappa shape index (κ1) is 21.5. The lowest BCUT2D eigenvalue weighted by atomic mass is 9.92. The van der Waals surface area contributed by atoms with E-state index in [4.69, 9.17) is 0 Å². The third kappa shape index (κ3) is 4.48. The number of hydrogen-bond acceptors (Lipinski definition) is 3. The van der Waals surface area contributed by atoms with Gasteiger partial charge in [0.25, 0.3) is 0 Å². The second-order valence-corrected chi connectivity index (χ2v) is 10.8. The van der Waals surface area contributed by atoms with Crippen LogP contribution in [0.5, 0.6) is 0 Å². The predicted octanol–water partition coefficient (Wildman–Crippen LogP) is 4.53. The topological polar surface area (TPSA) is 57.7 Å². The summed E-state index contributed by atoms with van der Waals surface area (Å²) in [4.78, 5) is 15.4.